The predicted molar refractivity (Wildman–Crippen MR) is 99.4 cm³/mol. The molecule has 1 aromatic carbocycles. The molecule has 8 heteroatoms. The van der Waals surface area contributed by atoms with Crippen LogP contribution in [-0.4, -0.2) is 34.1 Å². The Hall–Kier alpha value is -2.67. The summed E-state index contributed by atoms with van der Waals surface area (Å²) in [4.78, 5) is 23.3. The number of aryl methyl sites for hydroxylation is 1. The van der Waals surface area contributed by atoms with Gasteiger partial charge in [0.15, 0.2) is 0 Å². The van der Waals surface area contributed by atoms with Crippen LogP contribution >= 0.6 is 11.6 Å². The molecule has 1 N–H and O–H groups in total. The second-order valence-electron chi connectivity index (χ2n) is 6.43. The lowest BCUT2D eigenvalue weighted by molar-refractivity contribution is -0.120. The highest BCUT2D eigenvalue weighted by Gasteiger charge is 2.28. The van der Waals surface area contributed by atoms with Crippen LogP contribution in [0.15, 0.2) is 35.1 Å². The Morgan fingerprint density at radius 3 is 2.92 bits per heavy atom. The maximum atomic E-state index is 12.7. The van der Waals surface area contributed by atoms with Crippen molar-refractivity contribution in [2.24, 2.45) is 5.92 Å². The highest BCUT2D eigenvalue weighted by Crippen LogP contribution is 2.29. The van der Waals surface area contributed by atoms with E-state index in [0.29, 0.717) is 17.3 Å². The van der Waals surface area contributed by atoms with E-state index in [2.05, 4.69) is 25.3 Å². The molecule has 3 aromatic rings. The Labute approximate surface area is 155 Å². The number of rotatable bonds is 3. The molecular weight excluding hydrogens is 354 g/mol. The molecule has 4 rings (SSSR count). The van der Waals surface area contributed by atoms with E-state index >= 15 is 0 Å². The topological polar surface area (TPSA) is 84.2 Å². The molecule has 1 saturated heterocycles. The molecule has 0 aliphatic carbocycles. The zero-order valence-corrected chi connectivity index (χ0v) is 15.0. The summed E-state index contributed by atoms with van der Waals surface area (Å²) in [6.07, 6.45) is 3.22. The summed E-state index contributed by atoms with van der Waals surface area (Å²) >= 11 is 5.89. The van der Waals surface area contributed by atoms with Gasteiger partial charge in [0.2, 0.25) is 5.91 Å². The molecule has 7 nitrogen and oxygen atoms in total. The van der Waals surface area contributed by atoms with Crippen LogP contribution in [0, 0.1) is 12.8 Å². The van der Waals surface area contributed by atoms with Gasteiger partial charge >= 0.3 is 0 Å². The second kappa shape index (κ2) is 6.92. The van der Waals surface area contributed by atoms with Gasteiger partial charge in [-0.25, -0.2) is 4.98 Å². The first kappa shape index (κ1) is 16.8. The van der Waals surface area contributed by atoms with Crippen molar-refractivity contribution in [3.8, 4) is 0 Å². The van der Waals surface area contributed by atoms with Crippen molar-refractivity contribution in [2.75, 3.05) is 23.3 Å². The Morgan fingerprint density at radius 1 is 1.31 bits per heavy atom. The number of anilines is 2. The largest absolute Gasteiger partial charge is 0.355 e. The number of hydrogen-bond donors (Lipinski definition) is 1. The minimum absolute atomic E-state index is 0.00404. The monoisotopic (exact) mass is 371 g/mol. The van der Waals surface area contributed by atoms with Crippen molar-refractivity contribution < 1.29 is 9.32 Å². The second-order valence-corrected chi connectivity index (χ2v) is 6.86. The summed E-state index contributed by atoms with van der Waals surface area (Å²) in [5.41, 5.74) is 1.97. The first-order valence-electron chi connectivity index (χ1n) is 8.50. The Bertz CT molecular complexity index is 940. The van der Waals surface area contributed by atoms with Crippen molar-refractivity contribution in [3.63, 3.8) is 0 Å². The summed E-state index contributed by atoms with van der Waals surface area (Å²) in [6.45, 7) is 3.30. The average molecular weight is 372 g/mol. The molecule has 1 fully saturated rings. The number of fused-ring (bicyclic) bond motifs is 1. The number of nitrogens with one attached hydrogen (secondary N) is 1. The van der Waals surface area contributed by atoms with Crippen LogP contribution in [0.25, 0.3) is 11.1 Å². The summed E-state index contributed by atoms with van der Waals surface area (Å²) in [5, 5.41) is 8.39. The lowest BCUT2D eigenvalue weighted by Crippen LogP contribution is -2.41. The van der Waals surface area contributed by atoms with Crippen LogP contribution in [0.4, 0.5) is 11.5 Å². The number of carbonyl (C=O) groups is 1. The summed E-state index contributed by atoms with van der Waals surface area (Å²) < 4.78 is 5.23. The average Bonchev–Trinajstić information content (AvgIpc) is 3.05. The third kappa shape index (κ3) is 3.22. The maximum absolute atomic E-state index is 12.7. The number of benzene rings is 1. The van der Waals surface area contributed by atoms with Crippen molar-refractivity contribution in [2.45, 2.75) is 19.8 Å². The van der Waals surface area contributed by atoms with E-state index in [-0.39, 0.29) is 11.8 Å². The smallest absolute Gasteiger partial charge is 0.263 e. The molecule has 1 aliphatic rings. The number of halogens is 1. The van der Waals surface area contributed by atoms with Gasteiger partial charge in [-0.3, -0.25) is 4.79 Å². The zero-order valence-electron chi connectivity index (χ0n) is 14.3. The third-order valence-electron chi connectivity index (χ3n) is 4.63. The van der Waals surface area contributed by atoms with E-state index in [9.17, 15) is 4.79 Å². The van der Waals surface area contributed by atoms with Gasteiger partial charge in [-0.1, -0.05) is 16.8 Å². The van der Waals surface area contributed by atoms with Crippen LogP contribution in [0.5, 0.6) is 0 Å². The van der Waals surface area contributed by atoms with E-state index in [4.69, 9.17) is 16.1 Å². The van der Waals surface area contributed by atoms with Crippen molar-refractivity contribution >= 4 is 40.1 Å². The first-order chi connectivity index (χ1) is 12.6. The predicted octanol–water partition coefficient (Wildman–Crippen LogP) is 3.43. The number of piperidine rings is 1. The molecule has 0 bridgehead atoms. The van der Waals surface area contributed by atoms with Crippen molar-refractivity contribution in [3.05, 3.63) is 41.3 Å². The van der Waals surface area contributed by atoms with E-state index in [1.54, 1.807) is 24.3 Å². The van der Waals surface area contributed by atoms with Gasteiger partial charge in [-0.15, -0.1) is 0 Å². The SMILES string of the molecule is Cc1noc2ncnc(N3CCC[C@H](C(=O)Nc4ccc(Cl)cc4)C3)c12. The molecule has 0 unspecified atom stereocenters. The molecule has 134 valence electrons. The van der Waals surface area contributed by atoms with Gasteiger partial charge in [0.25, 0.3) is 5.71 Å². The lowest BCUT2D eigenvalue weighted by Gasteiger charge is -2.33. The molecule has 1 atom stereocenters. The van der Waals surface area contributed by atoms with Crippen LogP contribution in [0.3, 0.4) is 0 Å². The third-order valence-corrected chi connectivity index (χ3v) is 4.88. The minimum Gasteiger partial charge on any atom is -0.355 e. The van der Waals surface area contributed by atoms with Crippen molar-refractivity contribution in [1.29, 1.82) is 0 Å². The number of amides is 1. The molecule has 3 heterocycles. The summed E-state index contributed by atoms with van der Waals surface area (Å²) in [6, 6.07) is 7.12. The highest BCUT2D eigenvalue weighted by atomic mass is 35.5. The molecule has 26 heavy (non-hydrogen) atoms. The van der Waals surface area contributed by atoms with E-state index in [1.807, 2.05) is 6.92 Å². The number of aromatic nitrogens is 3. The van der Waals surface area contributed by atoms with Crippen LogP contribution in [0.1, 0.15) is 18.5 Å². The molecule has 0 radical (unpaired) electrons. The van der Waals surface area contributed by atoms with Crippen molar-refractivity contribution in [1.82, 2.24) is 15.1 Å². The van der Waals surface area contributed by atoms with E-state index in [1.165, 1.54) is 6.33 Å². The van der Waals surface area contributed by atoms with Gasteiger partial charge in [0, 0.05) is 23.8 Å². The van der Waals surface area contributed by atoms with Gasteiger partial charge in [-0.2, -0.15) is 4.98 Å². The Kier molecular flexibility index (Phi) is 4.46. The minimum atomic E-state index is -0.121. The fourth-order valence-corrected chi connectivity index (χ4v) is 3.43. The Balaban J connectivity index is 1.52. The van der Waals surface area contributed by atoms with Gasteiger partial charge in [0.1, 0.15) is 17.5 Å². The normalized spacial score (nSPS) is 17.5. The molecule has 0 spiro atoms. The van der Waals surface area contributed by atoms with Crippen LogP contribution in [0.2, 0.25) is 5.02 Å². The zero-order chi connectivity index (χ0) is 18.1. The standard InChI is InChI=1S/C18H18ClN5O2/c1-11-15-16(20-10-21-18(15)26-23-11)24-8-2-3-12(9-24)17(25)22-14-6-4-13(19)5-7-14/h4-7,10,12H,2-3,8-9H2,1H3,(H,22,25)/t12-/m0/s1. The van der Waals surface area contributed by atoms with E-state index in [0.717, 1.165) is 42.0 Å². The van der Waals surface area contributed by atoms with Gasteiger partial charge in [-0.05, 0) is 44.0 Å². The molecule has 1 amide bonds. The fourth-order valence-electron chi connectivity index (χ4n) is 3.30. The number of nitrogens with zero attached hydrogens (tertiary/aromatic N) is 4. The molecule has 0 saturated carbocycles. The fraction of sp³-hybridized carbons (Fsp3) is 0.333. The number of hydrogen-bond acceptors (Lipinski definition) is 6. The molecule has 1 aliphatic heterocycles. The number of carbonyl (C=O) groups excluding carboxylic acids is 1. The van der Waals surface area contributed by atoms with Gasteiger partial charge < -0.3 is 14.7 Å². The first-order valence-corrected chi connectivity index (χ1v) is 8.88. The van der Waals surface area contributed by atoms with Crippen LogP contribution < -0.4 is 10.2 Å². The molecular formula is C18H18ClN5O2. The summed E-state index contributed by atoms with van der Waals surface area (Å²) in [5.74, 6) is 0.659. The van der Waals surface area contributed by atoms with E-state index < -0.39 is 0 Å². The highest BCUT2D eigenvalue weighted by molar-refractivity contribution is 6.30. The van der Waals surface area contributed by atoms with Gasteiger partial charge in [0.05, 0.1) is 11.6 Å². The quantitative estimate of drug-likeness (QED) is 0.759. The maximum Gasteiger partial charge on any atom is 0.263 e. The van der Waals surface area contributed by atoms with Crippen LogP contribution in [-0.2, 0) is 4.79 Å². The summed E-state index contributed by atoms with van der Waals surface area (Å²) in [7, 11) is 0. The molecule has 2 aromatic heterocycles. The Morgan fingerprint density at radius 2 is 2.12 bits per heavy atom. The lowest BCUT2D eigenvalue weighted by atomic mass is 9.96.